The Kier molecular flexibility index (Phi) is 4.99. The molecule has 0 aliphatic carbocycles. The predicted molar refractivity (Wildman–Crippen MR) is 125 cm³/mol. The Balaban J connectivity index is 1.46. The zero-order chi connectivity index (χ0) is 19.6. The molecule has 5 aromatic rings. The van der Waals surface area contributed by atoms with Crippen LogP contribution in [0.4, 0.5) is 5.82 Å². The molecule has 0 amide bonds. The summed E-state index contributed by atoms with van der Waals surface area (Å²) >= 11 is 3.95. The summed E-state index contributed by atoms with van der Waals surface area (Å²) in [4.78, 5) is 10.5. The van der Waals surface area contributed by atoms with Crippen LogP contribution in [0, 0.1) is 3.57 Å². The van der Waals surface area contributed by atoms with Crippen LogP contribution in [-0.4, -0.2) is 15.1 Å². The lowest BCUT2D eigenvalue weighted by Gasteiger charge is -2.08. The first-order valence-corrected chi connectivity index (χ1v) is 11.0. The zero-order valence-corrected chi connectivity index (χ0v) is 18.1. The number of rotatable bonds is 5. The van der Waals surface area contributed by atoms with Gasteiger partial charge in [-0.2, -0.15) is 0 Å². The molecule has 0 spiro atoms. The fourth-order valence-electron chi connectivity index (χ4n) is 3.06. The summed E-state index contributed by atoms with van der Waals surface area (Å²) < 4.78 is 6.66. The molecule has 29 heavy (non-hydrogen) atoms. The lowest BCUT2D eigenvalue weighted by molar-refractivity contribution is 0.390. The number of halogens is 1. The predicted octanol–water partition coefficient (Wildman–Crippen LogP) is 6.23. The van der Waals surface area contributed by atoms with Gasteiger partial charge in [-0.05, 0) is 22.6 Å². The maximum Gasteiger partial charge on any atom is 0.163 e. The molecular weight excluding hydrogens is 495 g/mol. The van der Waals surface area contributed by atoms with E-state index < -0.39 is 0 Å². The summed E-state index contributed by atoms with van der Waals surface area (Å²) in [5.41, 5.74) is 2.85. The van der Waals surface area contributed by atoms with Gasteiger partial charge in [0.1, 0.15) is 16.3 Å². The fraction of sp³-hybridized carbons (Fsp3) is 0.0455. The minimum absolute atomic E-state index is 0.492. The van der Waals surface area contributed by atoms with Crippen LogP contribution >= 0.6 is 33.9 Å². The van der Waals surface area contributed by atoms with Crippen molar-refractivity contribution in [2.45, 2.75) is 6.54 Å². The topological polar surface area (TPSA) is 63.8 Å². The van der Waals surface area contributed by atoms with E-state index in [1.165, 1.54) is 0 Å². The van der Waals surface area contributed by atoms with E-state index in [4.69, 9.17) is 14.5 Å². The Morgan fingerprint density at radius 1 is 0.931 bits per heavy atom. The van der Waals surface area contributed by atoms with Crippen LogP contribution in [0.3, 0.4) is 0 Å². The average molecular weight is 510 g/mol. The van der Waals surface area contributed by atoms with Gasteiger partial charge >= 0.3 is 0 Å². The van der Waals surface area contributed by atoms with E-state index in [1.807, 2.05) is 66.7 Å². The first-order valence-electron chi connectivity index (χ1n) is 9.03. The van der Waals surface area contributed by atoms with Crippen LogP contribution in [0.25, 0.3) is 32.9 Å². The molecule has 5 rings (SSSR count). The van der Waals surface area contributed by atoms with Crippen molar-refractivity contribution in [2.24, 2.45) is 0 Å². The van der Waals surface area contributed by atoms with Crippen LogP contribution in [0.2, 0.25) is 0 Å². The number of nitrogens with zero attached hydrogens (tertiary/aromatic N) is 3. The van der Waals surface area contributed by atoms with Crippen molar-refractivity contribution < 1.29 is 4.52 Å². The molecule has 2 aromatic carbocycles. The van der Waals surface area contributed by atoms with Crippen molar-refractivity contribution in [3.8, 4) is 22.6 Å². The van der Waals surface area contributed by atoms with Crippen LogP contribution in [0.5, 0.6) is 0 Å². The largest absolute Gasteiger partial charge is 0.362 e. The molecule has 0 unspecified atom stereocenters. The Morgan fingerprint density at radius 3 is 2.41 bits per heavy atom. The maximum atomic E-state index is 5.52. The third-order valence-corrected chi connectivity index (χ3v) is 6.62. The molecule has 3 heterocycles. The van der Waals surface area contributed by atoms with Gasteiger partial charge in [0.15, 0.2) is 11.6 Å². The lowest BCUT2D eigenvalue weighted by Crippen LogP contribution is -2.03. The van der Waals surface area contributed by atoms with Gasteiger partial charge < -0.3 is 9.84 Å². The number of aromatic nitrogens is 3. The van der Waals surface area contributed by atoms with Gasteiger partial charge in [0.2, 0.25) is 0 Å². The molecule has 0 bridgehead atoms. The minimum Gasteiger partial charge on any atom is -0.362 e. The molecule has 0 aliphatic rings. The minimum atomic E-state index is 0.492. The molecule has 142 valence electrons. The van der Waals surface area contributed by atoms with E-state index in [-0.39, 0.29) is 0 Å². The SMILES string of the molecule is Ic1csc2nc(-c3ccccc3)nc(NCc3cc(-c4ccccc4)no3)c12. The van der Waals surface area contributed by atoms with E-state index in [0.29, 0.717) is 12.4 Å². The van der Waals surface area contributed by atoms with Crippen molar-refractivity contribution in [3.63, 3.8) is 0 Å². The molecule has 5 nitrogen and oxygen atoms in total. The summed E-state index contributed by atoms with van der Waals surface area (Å²) in [6.07, 6.45) is 0. The van der Waals surface area contributed by atoms with E-state index >= 15 is 0 Å². The van der Waals surface area contributed by atoms with E-state index in [1.54, 1.807) is 11.3 Å². The smallest absolute Gasteiger partial charge is 0.163 e. The number of thiophene rings is 1. The van der Waals surface area contributed by atoms with Gasteiger partial charge in [0.05, 0.1) is 11.9 Å². The van der Waals surface area contributed by atoms with Crippen LogP contribution in [0.15, 0.2) is 76.6 Å². The van der Waals surface area contributed by atoms with Crippen LogP contribution in [0.1, 0.15) is 5.76 Å². The second kappa shape index (κ2) is 7.92. The Hall–Kier alpha value is -2.78. The van der Waals surface area contributed by atoms with Crippen molar-refractivity contribution in [1.29, 1.82) is 0 Å². The number of anilines is 1. The molecule has 0 saturated carbocycles. The molecule has 3 aromatic heterocycles. The summed E-state index contributed by atoms with van der Waals surface area (Å²) in [7, 11) is 0. The van der Waals surface area contributed by atoms with Crippen molar-refractivity contribution in [3.05, 3.63) is 81.4 Å². The van der Waals surface area contributed by atoms with Gasteiger partial charge in [0.25, 0.3) is 0 Å². The number of benzene rings is 2. The van der Waals surface area contributed by atoms with Gasteiger partial charge in [-0.15, -0.1) is 11.3 Å². The van der Waals surface area contributed by atoms with Crippen molar-refractivity contribution >= 4 is 50.0 Å². The quantitative estimate of drug-likeness (QED) is 0.284. The second-order valence-corrected chi connectivity index (χ2v) is 8.44. The third-order valence-electron chi connectivity index (χ3n) is 4.48. The molecule has 0 saturated heterocycles. The molecule has 0 fully saturated rings. The molecule has 0 aliphatic heterocycles. The Labute approximate surface area is 185 Å². The molecule has 0 atom stereocenters. The van der Waals surface area contributed by atoms with Gasteiger partial charge in [-0.25, -0.2) is 9.97 Å². The van der Waals surface area contributed by atoms with Crippen LogP contribution in [-0.2, 0) is 6.54 Å². The van der Waals surface area contributed by atoms with Crippen molar-refractivity contribution in [2.75, 3.05) is 5.32 Å². The number of nitrogens with one attached hydrogen (secondary N) is 1. The molecule has 1 N–H and O–H groups in total. The zero-order valence-electron chi connectivity index (χ0n) is 15.2. The summed E-state index contributed by atoms with van der Waals surface area (Å²) in [6, 6.07) is 22.0. The Morgan fingerprint density at radius 2 is 1.66 bits per heavy atom. The highest BCUT2D eigenvalue weighted by atomic mass is 127. The number of hydrogen-bond acceptors (Lipinski definition) is 6. The first-order chi connectivity index (χ1) is 14.3. The van der Waals surface area contributed by atoms with Gasteiger partial charge in [0, 0.05) is 26.1 Å². The van der Waals surface area contributed by atoms with E-state index in [2.05, 4.69) is 38.4 Å². The number of fused-ring (bicyclic) bond motifs is 1. The fourth-order valence-corrected chi connectivity index (χ4v) is 4.94. The van der Waals surface area contributed by atoms with Gasteiger partial charge in [-0.3, -0.25) is 0 Å². The second-order valence-electron chi connectivity index (χ2n) is 6.42. The lowest BCUT2D eigenvalue weighted by atomic mass is 10.1. The normalized spacial score (nSPS) is 11.1. The summed E-state index contributed by atoms with van der Waals surface area (Å²) in [5, 5.41) is 10.7. The van der Waals surface area contributed by atoms with E-state index in [0.717, 1.165) is 42.2 Å². The van der Waals surface area contributed by atoms with E-state index in [9.17, 15) is 0 Å². The monoisotopic (exact) mass is 510 g/mol. The average Bonchev–Trinajstić information content (AvgIpc) is 3.40. The third kappa shape index (κ3) is 3.75. The Bertz CT molecular complexity index is 1270. The first kappa shape index (κ1) is 18.3. The highest BCUT2D eigenvalue weighted by molar-refractivity contribution is 14.1. The highest BCUT2D eigenvalue weighted by Crippen LogP contribution is 2.33. The highest BCUT2D eigenvalue weighted by Gasteiger charge is 2.15. The maximum absolute atomic E-state index is 5.52. The van der Waals surface area contributed by atoms with Gasteiger partial charge in [-0.1, -0.05) is 65.8 Å². The van der Waals surface area contributed by atoms with Crippen LogP contribution < -0.4 is 5.32 Å². The summed E-state index contributed by atoms with van der Waals surface area (Å²) in [6.45, 7) is 0.492. The molecule has 7 heteroatoms. The molecule has 0 radical (unpaired) electrons. The standard InChI is InChI=1S/C22H15IN4OS/c23-17-13-29-22-19(17)21(25-20(26-22)15-9-5-2-6-10-15)24-12-16-11-18(27-28-16)14-7-3-1-4-8-14/h1-11,13H,12H2,(H,24,25,26). The number of hydrogen-bond donors (Lipinski definition) is 1. The van der Waals surface area contributed by atoms with Crippen molar-refractivity contribution in [1.82, 2.24) is 15.1 Å². The summed E-state index contributed by atoms with van der Waals surface area (Å²) in [5.74, 6) is 2.26. The molecular formula is C22H15IN4OS.